The Labute approximate surface area is 465 Å². The van der Waals surface area contributed by atoms with Crippen LogP contribution in [0.3, 0.4) is 0 Å². The number of esters is 3. The van der Waals surface area contributed by atoms with Gasteiger partial charge in [-0.25, -0.2) is 0 Å². The van der Waals surface area contributed by atoms with Crippen molar-refractivity contribution in [2.24, 2.45) is 0 Å². The minimum atomic E-state index is -0.786. The maximum Gasteiger partial charge on any atom is 0.306 e. The highest BCUT2D eigenvalue weighted by atomic mass is 16.6. The van der Waals surface area contributed by atoms with E-state index < -0.39 is 6.10 Å². The first-order chi connectivity index (χ1) is 37.0. The van der Waals surface area contributed by atoms with Crippen molar-refractivity contribution in [2.75, 3.05) is 13.2 Å². The van der Waals surface area contributed by atoms with Gasteiger partial charge in [0.1, 0.15) is 13.2 Å². The zero-order valence-electron chi connectivity index (χ0n) is 49.8. The molecule has 75 heavy (non-hydrogen) atoms. The van der Waals surface area contributed by atoms with Crippen LogP contribution in [-0.2, 0) is 28.6 Å². The molecule has 0 N–H and O–H groups in total. The first-order valence-electron chi connectivity index (χ1n) is 32.4. The van der Waals surface area contributed by atoms with Gasteiger partial charge in [0.15, 0.2) is 6.10 Å². The fraction of sp³-hybridized carbons (Fsp3) is 0.783. The summed E-state index contributed by atoms with van der Waals surface area (Å²) < 4.78 is 16.9. The summed E-state index contributed by atoms with van der Waals surface area (Å²) in [6.45, 7) is 6.62. The summed E-state index contributed by atoms with van der Waals surface area (Å²) in [4.78, 5) is 38.3. The molecule has 0 heterocycles. The van der Waals surface area contributed by atoms with Crippen molar-refractivity contribution in [3.05, 3.63) is 72.9 Å². The lowest BCUT2D eigenvalue weighted by atomic mass is 10.1. The molecule has 0 aromatic carbocycles. The summed E-state index contributed by atoms with van der Waals surface area (Å²) in [5, 5.41) is 0. The molecule has 0 aliphatic carbocycles. The fourth-order valence-corrected chi connectivity index (χ4v) is 9.24. The Hall–Kier alpha value is -3.15. The number of allylic oxidation sites excluding steroid dienone is 12. The average Bonchev–Trinajstić information content (AvgIpc) is 3.41. The zero-order valence-corrected chi connectivity index (χ0v) is 49.8. The van der Waals surface area contributed by atoms with Gasteiger partial charge in [0.2, 0.25) is 0 Å². The second kappa shape index (κ2) is 63.4. The molecule has 0 aromatic heterocycles. The van der Waals surface area contributed by atoms with E-state index in [4.69, 9.17) is 14.2 Å². The van der Waals surface area contributed by atoms with Crippen molar-refractivity contribution >= 4 is 17.9 Å². The van der Waals surface area contributed by atoms with Crippen LogP contribution in [0.4, 0.5) is 0 Å². The van der Waals surface area contributed by atoms with E-state index in [0.29, 0.717) is 19.3 Å². The average molecular weight is 1050 g/mol. The molecular formula is C69H122O6. The first-order valence-corrected chi connectivity index (χ1v) is 32.4. The van der Waals surface area contributed by atoms with Crippen LogP contribution >= 0.6 is 0 Å². The molecule has 0 saturated heterocycles. The SMILES string of the molecule is CCCCCC/C=C\C/C=C\CCCCCCCCCC(=O)OC(COC(=O)CCCCCCC/C=C\CCCCCCC)COC(=O)CCCCCCCCCCCC/C=C\C/C=C\C/C=C\CCCCCCC. The van der Waals surface area contributed by atoms with Gasteiger partial charge in [-0.1, -0.05) is 267 Å². The molecule has 434 valence electrons. The minimum absolute atomic E-state index is 0.0821. The number of ether oxygens (including phenoxy) is 3. The van der Waals surface area contributed by atoms with Crippen LogP contribution in [-0.4, -0.2) is 37.2 Å². The Bertz CT molecular complexity index is 1390. The van der Waals surface area contributed by atoms with Gasteiger partial charge >= 0.3 is 17.9 Å². The molecule has 0 saturated carbocycles. The molecule has 0 fully saturated rings. The Balaban J connectivity index is 4.34. The van der Waals surface area contributed by atoms with Crippen LogP contribution in [0.5, 0.6) is 0 Å². The number of hydrogen-bond donors (Lipinski definition) is 0. The van der Waals surface area contributed by atoms with Crippen LogP contribution in [0.15, 0.2) is 72.9 Å². The topological polar surface area (TPSA) is 78.9 Å². The van der Waals surface area contributed by atoms with E-state index in [-0.39, 0.29) is 31.1 Å². The number of unbranched alkanes of at least 4 members (excludes halogenated alkanes) is 36. The quantitative estimate of drug-likeness (QED) is 0.0261. The molecule has 0 aliphatic heterocycles. The maximum absolute atomic E-state index is 12.9. The molecule has 1 atom stereocenters. The molecule has 0 amide bonds. The van der Waals surface area contributed by atoms with E-state index in [1.54, 1.807) is 0 Å². The van der Waals surface area contributed by atoms with Crippen molar-refractivity contribution in [1.29, 1.82) is 0 Å². The normalized spacial score (nSPS) is 12.5. The number of carbonyl (C=O) groups is 3. The van der Waals surface area contributed by atoms with Crippen molar-refractivity contribution in [3.8, 4) is 0 Å². The molecule has 0 rings (SSSR count). The highest BCUT2D eigenvalue weighted by Gasteiger charge is 2.19. The Morgan fingerprint density at radius 2 is 0.480 bits per heavy atom. The highest BCUT2D eigenvalue weighted by molar-refractivity contribution is 5.71. The summed E-state index contributed by atoms with van der Waals surface area (Å²) in [6, 6.07) is 0. The summed E-state index contributed by atoms with van der Waals surface area (Å²) >= 11 is 0. The summed E-state index contributed by atoms with van der Waals surface area (Å²) in [5.74, 6) is -0.888. The first kappa shape index (κ1) is 71.8. The van der Waals surface area contributed by atoms with Crippen molar-refractivity contribution in [1.82, 2.24) is 0 Å². The van der Waals surface area contributed by atoms with Gasteiger partial charge in [-0.2, -0.15) is 0 Å². The smallest absolute Gasteiger partial charge is 0.306 e. The molecule has 0 bridgehead atoms. The molecule has 6 nitrogen and oxygen atoms in total. The predicted octanol–water partition coefficient (Wildman–Crippen LogP) is 22.1. The third-order valence-electron chi connectivity index (χ3n) is 14.2. The second-order valence-corrected chi connectivity index (χ2v) is 21.7. The molecule has 0 aromatic rings. The van der Waals surface area contributed by atoms with Crippen LogP contribution in [0.25, 0.3) is 0 Å². The van der Waals surface area contributed by atoms with Gasteiger partial charge in [0.05, 0.1) is 0 Å². The van der Waals surface area contributed by atoms with Crippen molar-refractivity contribution in [2.45, 2.75) is 335 Å². The van der Waals surface area contributed by atoms with Gasteiger partial charge in [-0.3, -0.25) is 14.4 Å². The maximum atomic E-state index is 12.9. The predicted molar refractivity (Wildman–Crippen MR) is 325 cm³/mol. The van der Waals surface area contributed by atoms with E-state index in [0.717, 1.165) is 89.9 Å². The van der Waals surface area contributed by atoms with Crippen molar-refractivity contribution < 1.29 is 28.6 Å². The Morgan fingerprint density at radius 1 is 0.267 bits per heavy atom. The van der Waals surface area contributed by atoms with Gasteiger partial charge in [-0.15, -0.1) is 0 Å². The summed E-state index contributed by atoms with van der Waals surface area (Å²) in [6.07, 6.45) is 81.9. The molecule has 0 aliphatic rings. The van der Waals surface area contributed by atoms with Gasteiger partial charge in [0, 0.05) is 19.3 Å². The zero-order chi connectivity index (χ0) is 54.3. The summed E-state index contributed by atoms with van der Waals surface area (Å²) in [7, 11) is 0. The van der Waals surface area contributed by atoms with Gasteiger partial charge < -0.3 is 14.2 Å². The molecule has 0 spiro atoms. The number of rotatable bonds is 59. The van der Waals surface area contributed by atoms with E-state index in [1.807, 2.05) is 0 Å². The Morgan fingerprint density at radius 3 is 0.773 bits per heavy atom. The fourth-order valence-electron chi connectivity index (χ4n) is 9.24. The van der Waals surface area contributed by atoms with E-state index in [2.05, 4.69) is 93.7 Å². The summed E-state index contributed by atoms with van der Waals surface area (Å²) in [5.41, 5.74) is 0. The van der Waals surface area contributed by atoms with Crippen LogP contribution in [0.1, 0.15) is 329 Å². The highest BCUT2D eigenvalue weighted by Crippen LogP contribution is 2.16. The van der Waals surface area contributed by atoms with Gasteiger partial charge in [-0.05, 0) is 116 Å². The molecular weight excluding hydrogens is 925 g/mol. The largest absolute Gasteiger partial charge is 0.462 e. The molecule has 6 heteroatoms. The Kier molecular flexibility index (Phi) is 60.7. The van der Waals surface area contributed by atoms with Crippen molar-refractivity contribution in [3.63, 3.8) is 0 Å². The minimum Gasteiger partial charge on any atom is -0.462 e. The standard InChI is InChI=1S/C69H122O6/c1-4-7-10-13-16-19-22-25-28-30-32-33-34-35-36-37-38-40-41-44-47-50-53-56-59-62-68(71)74-65-66(64-73-67(70)61-58-55-52-49-46-43-27-24-21-18-15-12-9-6-3)75-69(72)63-60-57-54-51-48-45-42-39-31-29-26-23-20-17-14-11-8-5-2/h20,22-25,27,29-32,34-35,66H,4-19,21,26,28,33,36-65H2,1-3H3/b23-20-,25-22-,27-24-,31-29-,32-30-,35-34-. The van der Waals surface area contributed by atoms with E-state index >= 15 is 0 Å². The lowest BCUT2D eigenvalue weighted by molar-refractivity contribution is -0.167. The third-order valence-corrected chi connectivity index (χ3v) is 14.2. The monoisotopic (exact) mass is 1050 g/mol. The molecule has 1 unspecified atom stereocenters. The second-order valence-electron chi connectivity index (χ2n) is 21.7. The lowest BCUT2D eigenvalue weighted by Gasteiger charge is -2.18. The molecule has 0 radical (unpaired) electrons. The van der Waals surface area contributed by atoms with E-state index in [1.165, 1.54) is 199 Å². The third kappa shape index (κ3) is 61.6. The lowest BCUT2D eigenvalue weighted by Crippen LogP contribution is -2.30. The van der Waals surface area contributed by atoms with Crippen LogP contribution in [0, 0.1) is 0 Å². The van der Waals surface area contributed by atoms with Gasteiger partial charge in [0.25, 0.3) is 0 Å². The van der Waals surface area contributed by atoms with E-state index in [9.17, 15) is 14.4 Å². The number of hydrogen-bond acceptors (Lipinski definition) is 6. The number of carbonyl (C=O) groups excluding carboxylic acids is 3. The van der Waals surface area contributed by atoms with Crippen LogP contribution < -0.4 is 0 Å². The van der Waals surface area contributed by atoms with Crippen LogP contribution in [0.2, 0.25) is 0 Å².